The van der Waals surface area contributed by atoms with Gasteiger partial charge in [0.25, 0.3) is 0 Å². The Bertz CT molecular complexity index is 1100. The molecule has 1 aromatic heterocycles. The molecular formula is C26H30N4O3. The molecule has 0 bridgehead atoms. The molecule has 0 aliphatic carbocycles. The summed E-state index contributed by atoms with van der Waals surface area (Å²) in [5.74, 6) is 0.348. The summed E-state index contributed by atoms with van der Waals surface area (Å²) in [5, 5.41) is 7.58. The summed E-state index contributed by atoms with van der Waals surface area (Å²) in [4.78, 5) is 26.4. The highest BCUT2D eigenvalue weighted by atomic mass is 16.5. The molecule has 3 aromatic rings. The molecule has 1 N–H and O–H groups in total. The van der Waals surface area contributed by atoms with Gasteiger partial charge in [-0.1, -0.05) is 18.2 Å². The van der Waals surface area contributed by atoms with Gasteiger partial charge in [-0.15, -0.1) is 0 Å². The van der Waals surface area contributed by atoms with E-state index in [-0.39, 0.29) is 24.4 Å². The Morgan fingerprint density at radius 1 is 1.12 bits per heavy atom. The van der Waals surface area contributed by atoms with Crippen LogP contribution in [0.15, 0.2) is 66.9 Å². The van der Waals surface area contributed by atoms with Gasteiger partial charge >= 0.3 is 0 Å². The van der Waals surface area contributed by atoms with Crippen LogP contribution in [0.4, 0.5) is 0 Å². The average molecular weight is 447 g/mol. The van der Waals surface area contributed by atoms with E-state index in [9.17, 15) is 9.59 Å². The van der Waals surface area contributed by atoms with Crippen molar-refractivity contribution in [3.8, 4) is 22.7 Å². The summed E-state index contributed by atoms with van der Waals surface area (Å²) in [6.07, 6.45) is 5.13. The smallest absolute Gasteiger partial charge is 0.247 e. The lowest BCUT2D eigenvalue weighted by atomic mass is 10.1. The molecule has 172 valence electrons. The molecule has 0 saturated carbocycles. The lowest BCUT2D eigenvalue weighted by Crippen LogP contribution is -2.42. The first-order valence-electron chi connectivity index (χ1n) is 11.0. The van der Waals surface area contributed by atoms with Crippen molar-refractivity contribution < 1.29 is 14.3 Å². The van der Waals surface area contributed by atoms with Gasteiger partial charge in [-0.05, 0) is 63.2 Å². The number of ether oxygens (including phenoxy) is 1. The van der Waals surface area contributed by atoms with Crippen LogP contribution in [0.5, 0.6) is 5.75 Å². The number of likely N-dealkylation sites (N-methyl/N-ethyl adjacent to an activating group) is 1. The van der Waals surface area contributed by atoms with Gasteiger partial charge in [0.05, 0.1) is 25.0 Å². The highest BCUT2D eigenvalue weighted by Gasteiger charge is 2.15. The second-order valence-electron chi connectivity index (χ2n) is 7.85. The fourth-order valence-electron chi connectivity index (χ4n) is 3.35. The molecule has 7 nitrogen and oxygen atoms in total. The van der Waals surface area contributed by atoms with Crippen molar-refractivity contribution in [3.05, 3.63) is 72.4 Å². The van der Waals surface area contributed by atoms with E-state index in [1.165, 1.54) is 11.0 Å². The Balaban J connectivity index is 1.89. The van der Waals surface area contributed by atoms with Crippen molar-refractivity contribution in [1.82, 2.24) is 20.0 Å². The summed E-state index contributed by atoms with van der Waals surface area (Å²) >= 11 is 0. The fraction of sp³-hybridized carbons (Fsp3) is 0.269. The zero-order valence-corrected chi connectivity index (χ0v) is 19.5. The third kappa shape index (κ3) is 6.32. The molecule has 7 heteroatoms. The number of benzene rings is 2. The number of amides is 2. The van der Waals surface area contributed by atoms with Crippen molar-refractivity contribution in [2.24, 2.45) is 0 Å². The van der Waals surface area contributed by atoms with Gasteiger partial charge in [-0.3, -0.25) is 9.59 Å². The van der Waals surface area contributed by atoms with Crippen LogP contribution in [-0.2, 0) is 9.59 Å². The van der Waals surface area contributed by atoms with E-state index in [1.807, 2.05) is 81.6 Å². The maximum Gasteiger partial charge on any atom is 0.247 e. The molecular weight excluding hydrogens is 416 g/mol. The van der Waals surface area contributed by atoms with Crippen LogP contribution < -0.4 is 10.1 Å². The van der Waals surface area contributed by atoms with Crippen LogP contribution in [0.2, 0.25) is 0 Å². The van der Waals surface area contributed by atoms with Gasteiger partial charge in [0.1, 0.15) is 5.75 Å². The fourth-order valence-corrected chi connectivity index (χ4v) is 3.35. The van der Waals surface area contributed by atoms with Gasteiger partial charge in [0.15, 0.2) is 0 Å². The number of carbonyl (C=O) groups excluding carboxylic acids is 2. The van der Waals surface area contributed by atoms with E-state index in [0.717, 1.165) is 28.3 Å². The van der Waals surface area contributed by atoms with Crippen LogP contribution in [0, 0.1) is 0 Å². The maximum atomic E-state index is 12.8. The van der Waals surface area contributed by atoms with Crippen LogP contribution in [-0.4, -0.2) is 52.7 Å². The minimum atomic E-state index is -0.232. The number of nitrogens with one attached hydrogen (secondary N) is 1. The zero-order chi connectivity index (χ0) is 23.8. The number of para-hydroxylation sites is 1. The second kappa shape index (κ2) is 11.1. The average Bonchev–Trinajstić information content (AvgIpc) is 3.25. The highest BCUT2D eigenvalue weighted by molar-refractivity contribution is 5.95. The molecule has 1 heterocycles. The first-order chi connectivity index (χ1) is 15.9. The number of methoxy groups -OCH3 is 1. The van der Waals surface area contributed by atoms with Crippen molar-refractivity contribution in [2.45, 2.75) is 26.8 Å². The SMILES string of the molecule is CCN(CC(=O)NC(C)C)C(=O)/C=C/c1cn(-c2ccccc2)nc1-c1ccc(OC)cc1. The van der Waals surface area contributed by atoms with Gasteiger partial charge in [0, 0.05) is 36.0 Å². The van der Waals surface area contributed by atoms with Crippen molar-refractivity contribution in [1.29, 1.82) is 0 Å². The molecule has 0 saturated heterocycles. The molecule has 3 rings (SSSR count). The Morgan fingerprint density at radius 3 is 2.42 bits per heavy atom. The summed E-state index contributed by atoms with van der Waals surface area (Å²) < 4.78 is 7.05. The molecule has 0 radical (unpaired) electrons. The number of carbonyl (C=O) groups is 2. The molecule has 0 unspecified atom stereocenters. The monoisotopic (exact) mass is 446 g/mol. The minimum absolute atomic E-state index is 0.0203. The number of hydrogen-bond acceptors (Lipinski definition) is 4. The van der Waals surface area contributed by atoms with E-state index in [0.29, 0.717) is 6.54 Å². The van der Waals surface area contributed by atoms with E-state index in [2.05, 4.69) is 5.32 Å². The normalized spacial score (nSPS) is 11.1. The summed E-state index contributed by atoms with van der Waals surface area (Å²) in [7, 11) is 1.62. The Hall–Kier alpha value is -3.87. The topological polar surface area (TPSA) is 76.5 Å². The third-order valence-corrected chi connectivity index (χ3v) is 5.01. The molecule has 0 spiro atoms. The first kappa shape index (κ1) is 23.8. The number of rotatable bonds is 9. The highest BCUT2D eigenvalue weighted by Crippen LogP contribution is 2.26. The second-order valence-corrected chi connectivity index (χ2v) is 7.85. The lowest BCUT2D eigenvalue weighted by Gasteiger charge is -2.19. The lowest BCUT2D eigenvalue weighted by molar-refractivity contribution is -0.132. The molecule has 0 aliphatic rings. The van der Waals surface area contributed by atoms with E-state index in [4.69, 9.17) is 9.84 Å². The van der Waals surface area contributed by atoms with E-state index < -0.39 is 0 Å². The number of aromatic nitrogens is 2. The van der Waals surface area contributed by atoms with Gasteiger partial charge in [0.2, 0.25) is 11.8 Å². The third-order valence-electron chi connectivity index (χ3n) is 5.01. The standard InChI is InChI=1S/C26H30N4O3/c1-5-29(18-24(31)27-19(2)3)25(32)16-13-21-17-30(22-9-7-6-8-10-22)28-26(21)20-11-14-23(33-4)15-12-20/h6-17,19H,5,18H2,1-4H3,(H,27,31)/b16-13+. The van der Waals surface area contributed by atoms with Crippen molar-refractivity contribution >= 4 is 17.9 Å². The van der Waals surface area contributed by atoms with E-state index in [1.54, 1.807) is 17.9 Å². The molecule has 0 atom stereocenters. The summed E-state index contributed by atoms with van der Waals surface area (Å²) in [6.45, 7) is 6.09. The molecule has 33 heavy (non-hydrogen) atoms. The Labute approximate surface area is 194 Å². The van der Waals surface area contributed by atoms with Gasteiger partial charge in [-0.2, -0.15) is 5.10 Å². The molecule has 0 aliphatic heterocycles. The van der Waals surface area contributed by atoms with Gasteiger partial charge < -0.3 is 15.0 Å². The predicted molar refractivity (Wildman–Crippen MR) is 130 cm³/mol. The molecule has 2 aromatic carbocycles. The van der Waals surface area contributed by atoms with Crippen LogP contribution in [0.1, 0.15) is 26.3 Å². The largest absolute Gasteiger partial charge is 0.497 e. The van der Waals surface area contributed by atoms with Crippen LogP contribution >= 0.6 is 0 Å². The molecule has 0 fully saturated rings. The molecule has 2 amide bonds. The first-order valence-corrected chi connectivity index (χ1v) is 11.0. The van der Waals surface area contributed by atoms with Crippen LogP contribution in [0.3, 0.4) is 0 Å². The van der Waals surface area contributed by atoms with E-state index >= 15 is 0 Å². The maximum absolute atomic E-state index is 12.8. The minimum Gasteiger partial charge on any atom is -0.497 e. The number of hydrogen-bond donors (Lipinski definition) is 1. The quantitative estimate of drug-likeness (QED) is 0.505. The Morgan fingerprint density at radius 2 is 1.82 bits per heavy atom. The van der Waals surface area contributed by atoms with Gasteiger partial charge in [-0.25, -0.2) is 4.68 Å². The Kier molecular flexibility index (Phi) is 8.02. The summed E-state index contributed by atoms with van der Waals surface area (Å²) in [5.41, 5.74) is 3.35. The van der Waals surface area contributed by atoms with Crippen LogP contribution in [0.25, 0.3) is 23.0 Å². The summed E-state index contributed by atoms with van der Waals surface area (Å²) in [6, 6.07) is 17.4. The number of nitrogens with zero attached hydrogens (tertiary/aromatic N) is 3. The zero-order valence-electron chi connectivity index (χ0n) is 19.5. The van der Waals surface area contributed by atoms with Crippen molar-refractivity contribution in [3.63, 3.8) is 0 Å². The predicted octanol–water partition coefficient (Wildman–Crippen LogP) is 3.93. The van der Waals surface area contributed by atoms with Crippen molar-refractivity contribution in [2.75, 3.05) is 20.2 Å².